The summed E-state index contributed by atoms with van der Waals surface area (Å²) in [6.45, 7) is 6.83. The fraction of sp³-hybridized carbons (Fsp3) is 0.533. The second-order valence-corrected chi connectivity index (χ2v) is 5.88. The number of hydrogen-bond acceptors (Lipinski definition) is 3. The van der Waals surface area contributed by atoms with Crippen molar-refractivity contribution in [2.24, 2.45) is 5.92 Å². The minimum atomic E-state index is -0.922. The highest BCUT2D eigenvalue weighted by Gasteiger charge is 2.17. The molecular formula is C15H22O3S. The summed E-state index contributed by atoms with van der Waals surface area (Å²) in [5, 5.41) is 9.35. The van der Waals surface area contributed by atoms with Crippen molar-refractivity contribution >= 4 is 17.7 Å². The molecule has 1 atom stereocenters. The molecule has 0 bridgehead atoms. The molecule has 0 aliphatic carbocycles. The molecule has 0 radical (unpaired) electrons. The number of aromatic carboxylic acids is 1. The minimum absolute atomic E-state index is 0.290. The van der Waals surface area contributed by atoms with Gasteiger partial charge >= 0.3 is 5.97 Å². The third-order valence-electron chi connectivity index (χ3n) is 2.81. The van der Waals surface area contributed by atoms with Gasteiger partial charge in [0.1, 0.15) is 11.3 Å². The first-order chi connectivity index (χ1) is 9.10. The zero-order valence-corrected chi connectivity index (χ0v) is 12.6. The van der Waals surface area contributed by atoms with Gasteiger partial charge in [-0.05, 0) is 30.2 Å². The molecule has 0 aliphatic heterocycles. The van der Waals surface area contributed by atoms with Crippen molar-refractivity contribution in [2.45, 2.75) is 38.5 Å². The van der Waals surface area contributed by atoms with E-state index in [1.807, 2.05) is 19.1 Å². The van der Waals surface area contributed by atoms with Gasteiger partial charge in [0.05, 0.1) is 6.61 Å². The van der Waals surface area contributed by atoms with Crippen LogP contribution in [0.2, 0.25) is 0 Å². The quantitative estimate of drug-likeness (QED) is 0.722. The lowest BCUT2D eigenvalue weighted by Crippen LogP contribution is -2.11. The number of carboxylic acid groups (broad SMARTS) is 1. The summed E-state index contributed by atoms with van der Waals surface area (Å²) < 4.78 is 5.71. The van der Waals surface area contributed by atoms with Gasteiger partial charge in [0.15, 0.2) is 0 Å². The monoisotopic (exact) mass is 282 g/mol. The molecule has 106 valence electrons. The van der Waals surface area contributed by atoms with E-state index < -0.39 is 5.97 Å². The Morgan fingerprint density at radius 2 is 2.16 bits per heavy atom. The SMILES string of the molecule is CCCC(C)COc1cccc(SCC)c1C(=O)O. The fourth-order valence-corrected chi connectivity index (χ4v) is 2.74. The van der Waals surface area contributed by atoms with Gasteiger partial charge in [0.25, 0.3) is 0 Å². The molecule has 1 aromatic carbocycles. The molecule has 0 heterocycles. The van der Waals surface area contributed by atoms with Crippen molar-refractivity contribution in [1.29, 1.82) is 0 Å². The van der Waals surface area contributed by atoms with Crippen LogP contribution in [-0.2, 0) is 0 Å². The van der Waals surface area contributed by atoms with E-state index in [-0.39, 0.29) is 5.56 Å². The van der Waals surface area contributed by atoms with Gasteiger partial charge in [-0.15, -0.1) is 11.8 Å². The molecule has 1 unspecified atom stereocenters. The molecule has 1 aromatic rings. The Morgan fingerprint density at radius 1 is 1.42 bits per heavy atom. The van der Waals surface area contributed by atoms with E-state index in [2.05, 4.69) is 13.8 Å². The van der Waals surface area contributed by atoms with E-state index in [9.17, 15) is 9.90 Å². The molecule has 0 saturated carbocycles. The lowest BCUT2D eigenvalue weighted by molar-refractivity contribution is 0.0687. The van der Waals surface area contributed by atoms with Crippen LogP contribution in [0.1, 0.15) is 44.0 Å². The molecule has 19 heavy (non-hydrogen) atoms. The Labute approximate surface area is 119 Å². The highest BCUT2D eigenvalue weighted by atomic mass is 32.2. The van der Waals surface area contributed by atoms with Gasteiger partial charge in [-0.25, -0.2) is 4.79 Å². The van der Waals surface area contributed by atoms with Crippen molar-refractivity contribution in [2.75, 3.05) is 12.4 Å². The maximum Gasteiger partial charge on any atom is 0.340 e. The Hall–Kier alpha value is -1.16. The predicted molar refractivity (Wildman–Crippen MR) is 79.4 cm³/mol. The van der Waals surface area contributed by atoms with Crippen LogP contribution in [-0.4, -0.2) is 23.4 Å². The number of carboxylic acids is 1. The van der Waals surface area contributed by atoms with Crippen molar-refractivity contribution in [3.63, 3.8) is 0 Å². The van der Waals surface area contributed by atoms with E-state index in [1.54, 1.807) is 6.07 Å². The third-order valence-corrected chi connectivity index (χ3v) is 3.75. The Bertz CT molecular complexity index is 418. The zero-order valence-electron chi connectivity index (χ0n) is 11.8. The topological polar surface area (TPSA) is 46.5 Å². The van der Waals surface area contributed by atoms with Crippen LogP contribution in [0.15, 0.2) is 23.1 Å². The largest absolute Gasteiger partial charge is 0.492 e. The second-order valence-electron chi connectivity index (χ2n) is 4.57. The summed E-state index contributed by atoms with van der Waals surface area (Å²) >= 11 is 1.53. The summed E-state index contributed by atoms with van der Waals surface area (Å²) in [5.41, 5.74) is 0.290. The number of carbonyl (C=O) groups is 1. The van der Waals surface area contributed by atoms with Gasteiger partial charge in [0, 0.05) is 4.90 Å². The standard InChI is InChI=1S/C15H22O3S/c1-4-7-11(3)10-18-12-8-6-9-13(19-5-2)14(12)15(16)17/h6,8-9,11H,4-5,7,10H2,1-3H3,(H,16,17). The summed E-state index contributed by atoms with van der Waals surface area (Å²) in [6.07, 6.45) is 2.20. The first-order valence-corrected chi connectivity index (χ1v) is 7.70. The lowest BCUT2D eigenvalue weighted by atomic mass is 10.1. The van der Waals surface area contributed by atoms with Crippen molar-refractivity contribution < 1.29 is 14.6 Å². The molecule has 0 spiro atoms. The normalized spacial score (nSPS) is 12.2. The van der Waals surface area contributed by atoms with Gasteiger partial charge in [-0.2, -0.15) is 0 Å². The third kappa shape index (κ3) is 4.78. The van der Waals surface area contributed by atoms with Crippen LogP contribution in [0, 0.1) is 5.92 Å². The molecule has 1 N–H and O–H groups in total. The van der Waals surface area contributed by atoms with Gasteiger partial charge in [0.2, 0.25) is 0 Å². The summed E-state index contributed by atoms with van der Waals surface area (Å²) in [4.78, 5) is 12.2. The summed E-state index contributed by atoms with van der Waals surface area (Å²) in [5.74, 6) is 0.841. The van der Waals surface area contributed by atoms with Crippen molar-refractivity contribution in [1.82, 2.24) is 0 Å². The molecule has 0 amide bonds. The molecular weight excluding hydrogens is 260 g/mol. The second kappa shape index (κ2) is 8.10. The van der Waals surface area contributed by atoms with E-state index in [0.717, 1.165) is 23.5 Å². The number of benzene rings is 1. The van der Waals surface area contributed by atoms with Crippen LogP contribution >= 0.6 is 11.8 Å². The Kier molecular flexibility index (Phi) is 6.78. The van der Waals surface area contributed by atoms with Crippen LogP contribution < -0.4 is 4.74 Å². The summed E-state index contributed by atoms with van der Waals surface area (Å²) in [6, 6.07) is 5.42. The van der Waals surface area contributed by atoms with E-state index in [4.69, 9.17) is 4.74 Å². The number of rotatable bonds is 8. The van der Waals surface area contributed by atoms with Crippen LogP contribution in [0.3, 0.4) is 0 Å². The molecule has 0 aromatic heterocycles. The number of thioether (sulfide) groups is 1. The number of hydrogen-bond donors (Lipinski definition) is 1. The Morgan fingerprint density at radius 3 is 2.74 bits per heavy atom. The molecule has 1 rings (SSSR count). The smallest absolute Gasteiger partial charge is 0.340 e. The number of ether oxygens (including phenoxy) is 1. The molecule has 3 nitrogen and oxygen atoms in total. The maximum absolute atomic E-state index is 11.4. The van der Waals surface area contributed by atoms with Gasteiger partial charge < -0.3 is 9.84 Å². The Balaban J connectivity index is 2.87. The highest BCUT2D eigenvalue weighted by molar-refractivity contribution is 7.99. The van der Waals surface area contributed by atoms with Crippen LogP contribution in [0.4, 0.5) is 0 Å². The average Bonchev–Trinajstić information content (AvgIpc) is 2.37. The maximum atomic E-state index is 11.4. The first kappa shape index (κ1) is 15.9. The van der Waals surface area contributed by atoms with Crippen LogP contribution in [0.5, 0.6) is 5.75 Å². The predicted octanol–water partition coefficient (Wildman–Crippen LogP) is 4.31. The molecule has 0 aliphatic rings. The average molecular weight is 282 g/mol. The van der Waals surface area contributed by atoms with Crippen molar-refractivity contribution in [3.8, 4) is 5.75 Å². The fourth-order valence-electron chi connectivity index (χ4n) is 1.93. The van der Waals surface area contributed by atoms with Crippen LogP contribution in [0.25, 0.3) is 0 Å². The molecule has 4 heteroatoms. The highest BCUT2D eigenvalue weighted by Crippen LogP contribution is 2.30. The molecule has 0 saturated heterocycles. The van der Waals surface area contributed by atoms with Gasteiger partial charge in [-0.1, -0.05) is 33.3 Å². The zero-order chi connectivity index (χ0) is 14.3. The first-order valence-electron chi connectivity index (χ1n) is 6.72. The minimum Gasteiger partial charge on any atom is -0.492 e. The van der Waals surface area contributed by atoms with E-state index >= 15 is 0 Å². The van der Waals surface area contributed by atoms with Gasteiger partial charge in [-0.3, -0.25) is 0 Å². The lowest BCUT2D eigenvalue weighted by Gasteiger charge is -2.15. The van der Waals surface area contributed by atoms with E-state index in [1.165, 1.54) is 11.8 Å². The summed E-state index contributed by atoms with van der Waals surface area (Å²) in [7, 11) is 0. The molecule has 0 fully saturated rings. The van der Waals surface area contributed by atoms with Crippen molar-refractivity contribution in [3.05, 3.63) is 23.8 Å². The van der Waals surface area contributed by atoms with E-state index in [0.29, 0.717) is 18.3 Å².